The molecule has 164 valence electrons. The lowest BCUT2D eigenvalue weighted by Crippen LogP contribution is -2.61. The molecule has 0 spiro atoms. The molecule has 9 heteroatoms. The van der Waals surface area contributed by atoms with Crippen LogP contribution in [-0.2, 0) is 0 Å². The average molecular weight is 425 g/mol. The second-order valence-corrected chi connectivity index (χ2v) is 9.34. The highest BCUT2D eigenvalue weighted by Crippen LogP contribution is 2.38. The Labute approximate surface area is 181 Å². The van der Waals surface area contributed by atoms with Gasteiger partial charge in [-0.2, -0.15) is 10.1 Å². The van der Waals surface area contributed by atoms with Gasteiger partial charge in [0.15, 0.2) is 11.6 Å². The van der Waals surface area contributed by atoms with Crippen molar-refractivity contribution in [3.8, 4) is 5.69 Å². The zero-order chi connectivity index (χ0) is 22.2. The number of nitrogens with zero attached hydrogens (tertiary/aromatic N) is 6. The smallest absolute Gasteiger partial charge is 0.229 e. The first-order valence-corrected chi connectivity index (χ1v) is 10.4. The van der Waals surface area contributed by atoms with Crippen LogP contribution in [0.2, 0.25) is 0 Å². The Kier molecular flexibility index (Phi) is 5.38. The van der Waals surface area contributed by atoms with Crippen molar-refractivity contribution >= 4 is 17.5 Å². The van der Waals surface area contributed by atoms with Crippen LogP contribution in [0.3, 0.4) is 0 Å². The second kappa shape index (κ2) is 7.88. The maximum absolute atomic E-state index is 14.5. The molecule has 1 aliphatic heterocycles. The van der Waals surface area contributed by atoms with Gasteiger partial charge in [-0.1, -0.05) is 6.07 Å². The molecule has 0 radical (unpaired) electrons. The minimum absolute atomic E-state index is 0.00813. The lowest BCUT2D eigenvalue weighted by molar-refractivity contribution is -0.00778. The Morgan fingerprint density at radius 2 is 1.87 bits per heavy atom. The Morgan fingerprint density at radius 3 is 2.55 bits per heavy atom. The van der Waals surface area contributed by atoms with Gasteiger partial charge in [-0.05, 0) is 65.8 Å². The zero-order valence-corrected chi connectivity index (χ0v) is 18.6. The molecule has 0 amide bonds. The molecule has 3 aromatic rings. The van der Waals surface area contributed by atoms with E-state index < -0.39 is 5.82 Å². The van der Waals surface area contributed by atoms with Crippen molar-refractivity contribution < 1.29 is 4.39 Å². The van der Waals surface area contributed by atoms with Crippen LogP contribution in [0, 0.1) is 5.82 Å². The molecule has 31 heavy (non-hydrogen) atoms. The molecule has 1 aromatic carbocycles. The molecular formula is C22H29FN8. The number of likely N-dealkylation sites (tertiary alicyclic amines) is 1. The molecule has 4 rings (SSSR count). The zero-order valence-electron chi connectivity index (χ0n) is 18.6. The van der Waals surface area contributed by atoms with Gasteiger partial charge in [0.1, 0.15) is 12.7 Å². The third-order valence-corrected chi connectivity index (χ3v) is 6.18. The van der Waals surface area contributed by atoms with E-state index in [2.05, 4.69) is 70.3 Å². The Bertz CT molecular complexity index is 1030. The summed E-state index contributed by atoms with van der Waals surface area (Å²) in [5.41, 5.74) is 1.60. The Hall–Kier alpha value is -3.07. The summed E-state index contributed by atoms with van der Waals surface area (Å²) in [6.45, 7) is 8.87. The molecule has 0 unspecified atom stereocenters. The number of benzene rings is 1. The number of rotatable bonds is 5. The molecule has 0 saturated carbocycles. The third-order valence-electron chi connectivity index (χ3n) is 6.18. The molecule has 2 aromatic heterocycles. The molecule has 1 saturated heterocycles. The summed E-state index contributed by atoms with van der Waals surface area (Å²) in [6.07, 6.45) is 6.08. The van der Waals surface area contributed by atoms with Gasteiger partial charge in [-0.15, -0.1) is 0 Å². The van der Waals surface area contributed by atoms with Crippen LogP contribution in [0.4, 0.5) is 21.8 Å². The summed E-state index contributed by atoms with van der Waals surface area (Å²) in [4.78, 5) is 14.9. The normalized spacial score (nSPS) is 18.6. The van der Waals surface area contributed by atoms with Gasteiger partial charge in [0.25, 0.3) is 0 Å². The first-order valence-electron chi connectivity index (χ1n) is 10.4. The maximum atomic E-state index is 14.5. The highest BCUT2D eigenvalue weighted by molar-refractivity contribution is 5.58. The topological polar surface area (TPSA) is 83.8 Å². The van der Waals surface area contributed by atoms with Crippen LogP contribution in [0.5, 0.6) is 0 Å². The quantitative estimate of drug-likeness (QED) is 0.640. The van der Waals surface area contributed by atoms with Crippen molar-refractivity contribution in [3.63, 3.8) is 0 Å². The summed E-state index contributed by atoms with van der Waals surface area (Å²) in [7, 11) is 2.15. The van der Waals surface area contributed by atoms with Crippen molar-refractivity contribution in [1.82, 2.24) is 29.6 Å². The standard InChI is InChI=1S/C22H29FN8/c1-21(2)10-16(11-22(3,4)30(21)5)27-19-18(23)12-25-20(29-19)28-15-7-6-8-17(9-15)31-14-24-13-26-31/h6-9,12-14,16H,10-11H2,1-5H3,(H2,25,27,28,29). The van der Waals surface area contributed by atoms with E-state index in [9.17, 15) is 4.39 Å². The first-order chi connectivity index (χ1) is 14.6. The Balaban J connectivity index is 1.52. The SMILES string of the molecule is CN1C(C)(C)CC(Nc2nc(Nc3cccc(-n4cncn4)c3)ncc2F)CC1(C)C. The van der Waals surface area contributed by atoms with Crippen molar-refractivity contribution in [2.45, 2.75) is 57.7 Å². The lowest BCUT2D eigenvalue weighted by atomic mass is 9.77. The van der Waals surface area contributed by atoms with E-state index in [1.54, 1.807) is 11.0 Å². The van der Waals surface area contributed by atoms with E-state index in [0.29, 0.717) is 5.95 Å². The van der Waals surface area contributed by atoms with E-state index in [4.69, 9.17) is 0 Å². The van der Waals surface area contributed by atoms with Gasteiger partial charge in [0.2, 0.25) is 5.95 Å². The van der Waals surface area contributed by atoms with Crippen LogP contribution in [0.25, 0.3) is 5.69 Å². The molecule has 0 aliphatic carbocycles. The molecule has 0 bridgehead atoms. The molecule has 8 nitrogen and oxygen atoms in total. The molecule has 1 aliphatic rings. The van der Waals surface area contributed by atoms with Crippen molar-refractivity contribution in [2.75, 3.05) is 17.7 Å². The van der Waals surface area contributed by atoms with Crippen molar-refractivity contribution in [1.29, 1.82) is 0 Å². The molecule has 3 heterocycles. The largest absolute Gasteiger partial charge is 0.365 e. The Morgan fingerprint density at radius 1 is 1.13 bits per heavy atom. The number of nitrogens with one attached hydrogen (secondary N) is 2. The first kappa shape index (κ1) is 21.2. The number of halogens is 1. The van der Waals surface area contributed by atoms with E-state index in [-0.39, 0.29) is 22.9 Å². The van der Waals surface area contributed by atoms with E-state index in [1.807, 2.05) is 24.3 Å². The number of hydrogen-bond acceptors (Lipinski definition) is 7. The highest BCUT2D eigenvalue weighted by atomic mass is 19.1. The summed E-state index contributed by atoms with van der Waals surface area (Å²) in [5.74, 6) is 0.0774. The van der Waals surface area contributed by atoms with Gasteiger partial charge in [-0.3, -0.25) is 4.90 Å². The van der Waals surface area contributed by atoms with Gasteiger partial charge in [0.05, 0.1) is 11.9 Å². The maximum Gasteiger partial charge on any atom is 0.229 e. The van der Waals surface area contributed by atoms with Gasteiger partial charge < -0.3 is 10.6 Å². The van der Waals surface area contributed by atoms with Gasteiger partial charge in [0, 0.05) is 22.8 Å². The van der Waals surface area contributed by atoms with Gasteiger partial charge >= 0.3 is 0 Å². The molecule has 1 fully saturated rings. The van der Waals surface area contributed by atoms with E-state index >= 15 is 0 Å². The number of piperidine rings is 1. The van der Waals surface area contributed by atoms with E-state index in [0.717, 1.165) is 24.2 Å². The van der Waals surface area contributed by atoms with Crippen LogP contribution in [0.15, 0.2) is 43.1 Å². The van der Waals surface area contributed by atoms with Crippen LogP contribution >= 0.6 is 0 Å². The summed E-state index contributed by atoms with van der Waals surface area (Å²) in [5, 5.41) is 10.6. The predicted octanol–water partition coefficient (Wildman–Crippen LogP) is 4.00. The fourth-order valence-electron chi connectivity index (χ4n) is 4.39. The summed E-state index contributed by atoms with van der Waals surface area (Å²) < 4.78 is 16.2. The van der Waals surface area contributed by atoms with Gasteiger partial charge in [-0.25, -0.2) is 19.0 Å². The molecular weight excluding hydrogens is 395 g/mol. The van der Waals surface area contributed by atoms with Crippen LogP contribution in [0.1, 0.15) is 40.5 Å². The average Bonchev–Trinajstić information content (AvgIpc) is 3.23. The molecule has 0 atom stereocenters. The minimum atomic E-state index is -0.462. The lowest BCUT2D eigenvalue weighted by Gasteiger charge is -2.53. The van der Waals surface area contributed by atoms with Crippen LogP contribution < -0.4 is 10.6 Å². The second-order valence-electron chi connectivity index (χ2n) is 9.34. The highest BCUT2D eigenvalue weighted by Gasteiger charge is 2.43. The fraction of sp³-hybridized carbons (Fsp3) is 0.455. The number of aromatic nitrogens is 5. The van der Waals surface area contributed by atoms with E-state index in [1.165, 1.54) is 12.5 Å². The van der Waals surface area contributed by atoms with Crippen molar-refractivity contribution in [2.24, 2.45) is 0 Å². The summed E-state index contributed by atoms with van der Waals surface area (Å²) >= 11 is 0. The van der Waals surface area contributed by atoms with Crippen molar-refractivity contribution in [3.05, 3.63) is 48.9 Å². The van der Waals surface area contributed by atoms with Crippen LogP contribution in [-0.4, -0.2) is 53.8 Å². The summed E-state index contributed by atoms with van der Waals surface area (Å²) in [6, 6.07) is 7.71. The number of hydrogen-bond donors (Lipinski definition) is 2. The monoisotopic (exact) mass is 424 g/mol. The fourth-order valence-corrected chi connectivity index (χ4v) is 4.39. The number of anilines is 3. The third kappa shape index (κ3) is 4.51. The molecule has 2 N–H and O–H groups in total. The minimum Gasteiger partial charge on any atom is -0.365 e. The predicted molar refractivity (Wildman–Crippen MR) is 119 cm³/mol.